The molecule has 3 nitrogen and oxygen atoms in total. The van der Waals surface area contributed by atoms with Gasteiger partial charge in [0.1, 0.15) is 0 Å². The average Bonchev–Trinajstić information content (AvgIpc) is 2.15. The van der Waals surface area contributed by atoms with Crippen LogP contribution in [-0.4, -0.2) is 23.8 Å². The van der Waals surface area contributed by atoms with Crippen molar-refractivity contribution in [2.75, 3.05) is 0 Å². The van der Waals surface area contributed by atoms with E-state index in [0.29, 0.717) is 11.8 Å². The van der Waals surface area contributed by atoms with Crippen LogP contribution in [0.5, 0.6) is 0 Å². The lowest BCUT2D eigenvalue weighted by Gasteiger charge is -2.36. The van der Waals surface area contributed by atoms with Gasteiger partial charge in [0.15, 0.2) is 0 Å². The van der Waals surface area contributed by atoms with Gasteiger partial charge in [-0.25, -0.2) is 0 Å². The molecule has 1 rings (SSSR count). The lowest BCUT2D eigenvalue weighted by Crippen LogP contribution is -2.36. The van der Waals surface area contributed by atoms with Gasteiger partial charge in [0.05, 0.1) is 12.2 Å². The number of hydrogen-bond donors (Lipinski definition) is 1. The summed E-state index contributed by atoms with van der Waals surface area (Å²) in [5.41, 5.74) is 1.14. The largest absolute Gasteiger partial charge is 0.346 e. The van der Waals surface area contributed by atoms with Crippen LogP contribution in [0.2, 0.25) is 0 Å². The summed E-state index contributed by atoms with van der Waals surface area (Å²) < 4.78 is 10.8. The summed E-state index contributed by atoms with van der Waals surface area (Å²) in [5.74, 6) is 0.985. The first kappa shape index (κ1) is 14.7. The van der Waals surface area contributed by atoms with Crippen LogP contribution in [0.25, 0.3) is 0 Å². The monoisotopic (exact) mass is 242 g/mol. The zero-order valence-corrected chi connectivity index (χ0v) is 11.5. The van der Waals surface area contributed by atoms with Gasteiger partial charge in [0, 0.05) is 5.92 Å². The highest BCUT2D eigenvalue weighted by molar-refractivity contribution is 5.02. The molecule has 0 radical (unpaired) electrons. The standard InChI is InChI=1S/C14H26O3/c1-9(2)12-7-6-11(5)8-13(12)17-14(15)16-10(3)4/h10-15H,1,6-8H2,2-5H3/t11-,12+,13-,14?/m1/s1. The molecule has 0 aromatic rings. The van der Waals surface area contributed by atoms with Gasteiger partial charge in [-0.1, -0.05) is 19.1 Å². The third kappa shape index (κ3) is 4.78. The fourth-order valence-corrected chi connectivity index (χ4v) is 2.46. The molecule has 0 bridgehead atoms. The lowest BCUT2D eigenvalue weighted by molar-refractivity contribution is -0.302. The molecule has 1 N–H and O–H groups in total. The molecule has 100 valence electrons. The minimum atomic E-state index is -1.12. The van der Waals surface area contributed by atoms with Crippen molar-refractivity contribution in [3.63, 3.8) is 0 Å². The highest BCUT2D eigenvalue weighted by atomic mass is 16.8. The Morgan fingerprint density at radius 3 is 2.53 bits per heavy atom. The molecule has 3 heteroatoms. The summed E-state index contributed by atoms with van der Waals surface area (Å²) in [5, 5.41) is 9.68. The molecule has 1 saturated carbocycles. The summed E-state index contributed by atoms with van der Waals surface area (Å²) >= 11 is 0. The smallest absolute Gasteiger partial charge is 0.269 e. The third-order valence-electron chi connectivity index (χ3n) is 3.37. The molecule has 1 fully saturated rings. The summed E-state index contributed by atoms with van der Waals surface area (Å²) in [6.45, 7) is 10.9. The normalized spacial score (nSPS) is 31.5. The van der Waals surface area contributed by atoms with Crippen LogP contribution >= 0.6 is 0 Å². The Hall–Kier alpha value is -0.380. The molecule has 0 aromatic carbocycles. The van der Waals surface area contributed by atoms with Crippen molar-refractivity contribution >= 4 is 0 Å². The quantitative estimate of drug-likeness (QED) is 0.595. The molecule has 0 amide bonds. The molecule has 1 aliphatic rings. The predicted molar refractivity (Wildman–Crippen MR) is 68.4 cm³/mol. The maximum absolute atomic E-state index is 9.68. The minimum absolute atomic E-state index is 0.0324. The van der Waals surface area contributed by atoms with Gasteiger partial charge < -0.3 is 14.6 Å². The second kappa shape index (κ2) is 6.53. The van der Waals surface area contributed by atoms with Crippen LogP contribution in [-0.2, 0) is 9.47 Å². The van der Waals surface area contributed by atoms with E-state index in [-0.39, 0.29) is 12.2 Å². The van der Waals surface area contributed by atoms with Crippen molar-refractivity contribution in [2.45, 2.75) is 65.6 Å². The van der Waals surface area contributed by atoms with Crippen molar-refractivity contribution in [3.8, 4) is 0 Å². The SMILES string of the molecule is C=C(C)[C@@H]1CC[C@@H](C)C[C@H]1OC(O)OC(C)C. The Morgan fingerprint density at radius 2 is 2.00 bits per heavy atom. The van der Waals surface area contributed by atoms with Crippen LogP contribution in [0.15, 0.2) is 12.2 Å². The maximum atomic E-state index is 9.68. The number of hydrogen-bond acceptors (Lipinski definition) is 3. The summed E-state index contributed by atoms with van der Waals surface area (Å²) in [6.07, 6.45) is 3.27. The summed E-state index contributed by atoms with van der Waals surface area (Å²) in [4.78, 5) is 0. The van der Waals surface area contributed by atoms with Gasteiger partial charge in [0.2, 0.25) is 0 Å². The van der Waals surface area contributed by atoms with Gasteiger partial charge in [-0.15, -0.1) is 0 Å². The van der Waals surface area contributed by atoms with Gasteiger partial charge in [-0.2, -0.15) is 0 Å². The number of ether oxygens (including phenoxy) is 2. The van der Waals surface area contributed by atoms with E-state index < -0.39 is 6.48 Å². The maximum Gasteiger partial charge on any atom is 0.269 e. The molecule has 0 aliphatic heterocycles. The Kier molecular flexibility index (Phi) is 5.63. The average molecular weight is 242 g/mol. The van der Waals surface area contributed by atoms with Crippen molar-refractivity contribution in [1.82, 2.24) is 0 Å². The van der Waals surface area contributed by atoms with E-state index in [4.69, 9.17) is 9.47 Å². The third-order valence-corrected chi connectivity index (χ3v) is 3.37. The highest BCUT2D eigenvalue weighted by Crippen LogP contribution is 2.35. The van der Waals surface area contributed by atoms with E-state index in [1.807, 2.05) is 20.8 Å². The van der Waals surface area contributed by atoms with Crippen LogP contribution in [0.3, 0.4) is 0 Å². The van der Waals surface area contributed by atoms with Gasteiger partial charge in [-0.05, 0) is 46.0 Å². The van der Waals surface area contributed by atoms with Crippen molar-refractivity contribution < 1.29 is 14.6 Å². The molecule has 1 aliphatic carbocycles. The molecule has 0 spiro atoms. The number of rotatable bonds is 5. The predicted octanol–water partition coefficient (Wildman–Crippen LogP) is 3.08. The molecule has 0 aromatic heterocycles. The zero-order valence-electron chi connectivity index (χ0n) is 11.5. The van der Waals surface area contributed by atoms with Crippen molar-refractivity contribution in [3.05, 3.63) is 12.2 Å². The highest BCUT2D eigenvalue weighted by Gasteiger charge is 2.31. The van der Waals surface area contributed by atoms with Gasteiger partial charge >= 0.3 is 0 Å². The second-order valence-electron chi connectivity index (χ2n) is 5.54. The molecule has 0 saturated heterocycles. The molecule has 4 atom stereocenters. The van der Waals surface area contributed by atoms with E-state index in [1.54, 1.807) is 0 Å². The number of aliphatic hydroxyl groups excluding tert-OH is 1. The topological polar surface area (TPSA) is 38.7 Å². The van der Waals surface area contributed by atoms with E-state index in [9.17, 15) is 5.11 Å². The zero-order chi connectivity index (χ0) is 13.0. The Bertz CT molecular complexity index is 250. The summed E-state index contributed by atoms with van der Waals surface area (Å²) in [6, 6.07) is 0. The first-order valence-corrected chi connectivity index (χ1v) is 6.54. The molecular weight excluding hydrogens is 216 g/mol. The molecule has 0 heterocycles. The Morgan fingerprint density at radius 1 is 1.35 bits per heavy atom. The molecule has 1 unspecified atom stereocenters. The van der Waals surface area contributed by atoms with E-state index in [2.05, 4.69) is 13.5 Å². The van der Waals surface area contributed by atoms with Crippen LogP contribution in [0, 0.1) is 11.8 Å². The fraction of sp³-hybridized carbons (Fsp3) is 0.857. The molecule has 17 heavy (non-hydrogen) atoms. The van der Waals surface area contributed by atoms with E-state index >= 15 is 0 Å². The van der Waals surface area contributed by atoms with Crippen LogP contribution in [0.1, 0.15) is 47.0 Å². The van der Waals surface area contributed by atoms with Gasteiger partial charge in [0.25, 0.3) is 6.48 Å². The minimum Gasteiger partial charge on any atom is -0.346 e. The van der Waals surface area contributed by atoms with E-state index in [1.165, 1.54) is 6.42 Å². The first-order chi connectivity index (χ1) is 7.90. The Balaban J connectivity index is 2.54. The molecular formula is C14H26O3. The van der Waals surface area contributed by atoms with Crippen molar-refractivity contribution in [2.24, 2.45) is 11.8 Å². The van der Waals surface area contributed by atoms with Crippen LogP contribution in [0.4, 0.5) is 0 Å². The fourth-order valence-electron chi connectivity index (χ4n) is 2.46. The van der Waals surface area contributed by atoms with E-state index in [0.717, 1.165) is 18.4 Å². The van der Waals surface area contributed by atoms with Crippen molar-refractivity contribution in [1.29, 1.82) is 0 Å². The first-order valence-electron chi connectivity index (χ1n) is 6.54. The van der Waals surface area contributed by atoms with Gasteiger partial charge in [-0.3, -0.25) is 0 Å². The number of aliphatic hydroxyl groups is 1. The van der Waals surface area contributed by atoms with Crippen LogP contribution < -0.4 is 0 Å². The summed E-state index contributed by atoms with van der Waals surface area (Å²) in [7, 11) is 0. The Labute approximate surface area is 105 Å². The second-order valence-corrected chi connectivity index (χ2v) is 5.54. The lowest BCUT2D eigenvalue weighted by atomic mass is 9.78.